The van der Waals surface area contributed by atoms with Crippen molar-refractivity contribution in [3.05, 3.63) is 41.4 Å². The van der Waals surface area contributed by atoms with Crippen LogP contribution in [0.5, 0.6) is 5.75 Å². The second kappa shape index (κ2) is 9.00. The van der Waals surface area contributed by atoms with Crippen LogP contribution < -0.4 is 4.74 Å². The Hall–Kier alpha value is -1.33. The summed E-state index contributed by atoms with van der Waals surface area (Å²) in [5, 5.41) is 0. The van der Waals surface area contributed by atoms with Gasteiger partial charge in [0, 0.05) is 12.1 Å². The van der Waals surface area contributed by atoms with Crippen molar-refractivity contribution in [3.8, 4) is 5.75 Å². The molecule has 2 saturated carbocycles. The molecule has 0 unspecified atom stereocenters. The summed E-state index contributed by atoms with van der Waals surface area (Å²) in [6, 6.07) is 0.890. The summed E-state index contributed by atoms with van der Waals surface area (Å²) < 4.78 is 72.7. The number of rotatable bonds is 6. The van der Waals surface area contributed by atoms with E-state index in [9.17, 15) is 22.0 Å². The number of ether oxygens (including phenoxy) is 1. The van der Waals surface area contributed by atoms with Crippen LogP contribution in [0.3, 0.4) is 0 Å². The van der Waals surface area contributed by atoms with Gasteiger partial charge in [-0.2, -0.15) is 8.78 Å². The molecular formula is C22H27F5O. The molecule has 2 aliphatic rings. The van der Waals surface area contributed by atoms with Crippen LogP contribution in [-0.4, -0.2) is 6.11 Å². The first-order chi connectivity index (χ1) is 13.2. The third kappa shape index (κ3) is 5.38. The average Bonchev–Trinajstić information content (AvgIpc) is 2.65. The average molecular weight is 402 g/mol. The lowest BCUT2D eigenvalue weighted by molar-refractivity contribution is -0.169. The highest BCUT2D eigenvalue weighted by atomic mass is 19.3. The largest absolute Gasteiger partial charge is 0.432 e. The molecule has 3 rings (SSSR count). The highest BCUT2D eigenvalue weighted by Gasteiger charge is 2.45. The third-order valence-corrected chi connectivity index (χ3v) is 6.21. The number of hydrogen-bond donors (Lipinski definition) is 0. The zero-order valence-corrected chi connectivity index (χ0v) is 16.2. The van der Waals surface area contributed by atoms with Crippen LogP contribution in [0.4, 0.5) is 22.0 Å². The van der Waals surface area contributed by atoms with Gasteiger partial charge < -0.3 is 4.74 Å². The summed E-state index contributed by atoms with van der Waals surface area (Å²) in [5.74, 6) is -2.72. The smallest absolute Gasteiger partial charge is 0.404 e. The summed E-state index contributed by atoms with van der Waals surface area (Å²) in [4.78, 5) is 0. The first-order valence-corrected chi connectivity index (χ1v) is 10.1. The van der Waals surface area contributed by atoms with E-state index >= 15 is 0 Å². The van der Waals surface area contributed by atoms with Gasteiger partial charge in [-0.1, -0.05) is 19.8 Å². The molecule has 156 valence electrons. The normalized spacial score (nSPS) is 21.2. The summed E-state index contributed by atoms with van der Waals surface area (Å²) >= 11 is 0. The minimum Gasteiger partial charge on any atom is -0.432 e. The van der Waals surface area contributed by atoms with E-state index in [0.29, 0.717) is 30.9 Å². The molecule has 0 bridgehead atoms. The van der Waals surface area contributed by atoms with Gasteiger partial charge in [0.2, 0.25) is 0 Å². The molecule has 6 heteroatoms. The maximum absolute atomic E-state index is 14.4. The van der Waals surface area contributed by atoms with Crippen molar-refractivity contribution in [3.63, 3.8) is 0 Å². The van der Waals surface area contributed by atoms with Crippen LogP contribution in [-0.2, 0) is 0 Å². The maximum Gasteiger partial charge on any atom is 0.404 e. The lowest BCUT2D eigenvalue weighted by Crippen LogP contribution is -2.35. The van der Waals surface area contributed by atoms with Crippen molar-refractivity contribution in [1.29, 1.82) is 0 Å². The standard InChI is InChI=1S/C22H27F5O/c1-14-2-4-15(5-3-14)6-7-16-8-10-17(11-9-16)22(26,27)28-18-12-19(23)21(25)20(24)13-18/h12-14,16H,2-11H2,1H3. The van der Waals surface area contributed by atoms with Gasteiger partial charge >= 0.3 is 6.11 Å². The summed E-state index contributed by atoms with van der Waals surface area (Å²) in [7, 11) is 0. The van der Waals surface area contributed by atoms with Crippen LogP contribution in [0.1, 0.15) is 71.1 Å². The Balaban J connectivity index is 1.46. The molecule has 2 radical (unpaired) electrons. The second-order valence-corrected chi connectivity index (χ2v) is 8.34. The fraction of sp³-hybridized carbons (Fsp3) is 0.636. The van der Waals surface area contributed by atoms with Gasteiger partial charge in [0.05, 0.1) is 5.92 Å². The predicted octanol–water partition coefficient (Wildman–Crippen LogP) is 7.40. The van der Waals surface area contributed by atoms with E-state index in [2.05, 4.69) is 11.7 Å². The first-order valence-electron chi connectivity index (χ1n) is 10.1. The van der Waals surface area contributed by atoms with E-state index in [1.807, 2.05) is 0 Å². The summed E-state index contributed by atoms with van der Waals surface area (Å²) in [6.07, 6.45) is 5.23. The minimum atomic E-state index is -3.62. The Labute approximate surface area is 163 Å². The third-order valence-electron chi connectivity index (χ3n) is 6.21. The molecule has 1 aromatic carbocycles. The van der Waals surface area contributed by atoms with E-state index in [4.69, 9.17) is 0 Å². The molecule has 1 nitrogen and oxygen atoms in total. The molecule has 0 heterocycles. The van der Waals surface area contributed by atoms with Crippen molar-refractivity contribution in [1.82, 2.24) is 0 Å². The second-order valence-electron chi connectivity index (χ2n) is 8.34. The molecule has 0 N–H and O–H groups in total. The van der Waals surface area contributed by atoms with Gasteiger partial charge in [-0.3, -0.25) is 0 Å². The van der Waals surface area contributed by atoms with Crippen molar-refractivity contribution in [2.75, 3.05) is 0 Å². The lowest BCUT2D eigenvalue weighted by atomic mass is 9.75. The molecule has 0 aliphatic heterocycles. The topological polar surface area (TPSA) is 9.23 Å². The van der Waals surface area contributed by atoms with Gasteiger partial charge in [0.25, 0.3) is 0 Å². The van der Waals surface area contributed by atoms with Gasteiger partial charge in [-0.25, -0.2) is 13.2 Å². The SMILES string of the molecule is CC1CC[C](CCC2CC[C](C(F)(F)Oc3cc(F)c(F)c(F)c3)CC2)CC1. The highest BCUT2D eigenvalue weighted by Crippen LogP contribution is 2.44. The fourth-order valence-electron chi connectivity index (χ4n) is 4.25. The molecule has 1 aromatic rings. The molecule has 0 amide bonds. The van der Waals surface area contributed by atoms with Gasteiger partial charge in [0.15, 0.2) is 17.5 Å². The van der Waals surface area contributed by atoms with Gasteiger partial charge in [-0.05, 0) is 69.1 Å². The zero-order valence-electron chi connectivity index (χ0n) is 16.2. The molecule has 2 aliphatic carbocycles. The Morgan fingerprint density at radius 3 is 2.07 bits per heavy atom. The monoisotopic (exact) mass is 402 g/mol. The van der Waals surface area contributed by atoms with Crippen LogP contribution >= 0.6 is 0 Å². The van der Waals surface area contributed by atoms with Crippen molar-refractivity contribution >= 4 is 0 Å². The van der Waals surface area contributed by atoms with Crippen LogP contribution in [0.25, 0.3) is 0 Å². The quantitative estimate of drug-likeness (QED) is 0.356. The molecular weight excluding hydrogens is 375 g/mol. The highest BCUT2D eigenvalue weighted by molar-refractivity contribution is 5.26. The van der Waals surface area contributed by atoms with E-state index in [1.165, 1.54) is 25.7 Å². The van der Waals surface area contributed by atoms with E-state index in [0.717, 1.165) is 18.8 Å². The van der Waals surface area contributed by atoms with Gasteiger partial charge in [-0.15, -0.1) is 0 Å². The fourth-order valence-corrected chi connectivity index (χ4v) is 4.25. The molecule has 0 atom stereocenters. The Morgan fingerprint density at radius 2 is 1.50 bits per heavy atom. The van der Waals surface area contributed by atoms with E-state index < -0.39 is 29.3 Å². The maximum atomic E-state index is 14.4. The molecule has 0 aromatic heterocycles. The molecule has 28 heavy (non-hydrogen) atoms. The summed E-state index contributed by atoms with van der Waals surface area (Å²) in [6.45, 7) is 2.28. The number of alkyl halides is 2. The summed E-state index contributed by atoms with van der Waals surface area (Å²) in [5.41, 5.74) is 0. The molecule has 0 spiro atoms. The Bertz CT molecular complexity index is 623. The number of halogens is 5. The molecule has 0 saturated heterocycles. The zero-order chi connectivity index (χ0) is 20.3. The van der Waals surface area contributed by atoms with Crippen molar-refractivity contribution in [2.45, 2.75) is 77.2 Å². The molecule has 2 fully saturated rings. The Kier molecular flexibility index (Phi) is 6.87. The first kappa shape index (κ1) is 21.4. The van der Waals surface area contributed by atoms with Crippen LogP contribution in [0.2, 0.25) is 0 Å². The van der Waals surface area contributed by atoms with Crippen LogP contribution in [0.15, 0.2) is 12.1 Å². The van der Waals surface area contributed by atoms with E-state index in [-0.39, 0.29) is 18.8 Å². The predicted molar refractivity (Wildman–Crippen MR) is 97.2 cm³/mol. The lowest BCUT2D eigenvalue weighted by Gasteiger charge is -2.33. The van der Waals surface area contributed by atoms with Crippen molar-refractivity contribution < 1.29 is 26.7 Å². The van der Waals surface area contributed by atoms with Crippen LogP contribution in [0, 0.1) is 41.1 Å². The van der Waals surface area contributed by atoms with Gasteiger partial charge in [0.1, 0.15) is 5.75 Å². The van der Waals surface area contributed by atoms with E-state index in [1.54, 1.807) is 5.92 Å². The number of hydrogen-bond acceptors (Lipinski definition) is 1. The van der Waals surface area contributed by atoms with Crippen molar-refractivity contribution in [2.24, 2.45) is 11.8 Å². The Morgan fingerprint density at radius 1 is 0.929 bits per heavy atom. The minimum absolute atomic E-state index is 0.0620. The number of benzene rings is 1.